The number of allylic oxidation sites excluding steroid dienone is 2. The Morgan fingerprint density at radius 1 is 1.24 bits per heavy atom. The van der Waals surface area contributed by atoms with Crippen LogP contribution in [0.2, 0.25) is 0 Å². The van der Waals surface area contributed by atoms with Gasteiger partial charge in [0, 0.05) is 19.8 Å². The minimum atomic E-state index is -0.617. The van der Waals surface area contributed by atoms with Gasteiger partial charge in [0.1, 0.15) is 10.7 Å². The smallest absolute Gasteiger partial charge is 0.401 e. The fourth-order valence-electron chi connectivity index (χ4n) is 2.32. The van der Waals surface area contributed by atoms with Crippen molar-refractivity contribution >= 4 is 58.1 Å². The third-order valence-corrected chi connectivity index (χ3v) is 5.11. The minimum absolute atomic E-state index is 0.308. The number of thiocarbonyl (C=S) groups is 1. The lowest BCUT2D eigenvalue weighted by Crippen LogP contribution is -2.22. The number of nitro groups is 1. The van der Waals surface area contributed by atoms with E-state index in [4.69, 9.17) is 16.6 Å². The Morgan fingerprint density at radius 2 is 1.97 bits per heavy atom. The number of hydrogen-bond donors (Lipinski definition) is 0. The van der Waals surface area contributed by atoms with Gasteiger partial charge in [0.05, 0.1) is 17.2 Å². The van der Waals surface area contributed by atoms with E-state index >= 15 is 0 Å². The SMILES string of the molecule is CN(C)c1ccc(/C=N/N2C(=O)/C(=C\C=C\c3ccc([N+](=O)[O-])o3)SC2=S)cc1. The van der Waals surface area contributed by atoms with Crippen molar-refractivity contribution in [2.24, 2.45) is 5.10 Å². The highest BCUT2D eigenvalue weighted by Gasteiger charge is 2.31. The van der Waals surface area contributed by atoms with Crippen molar-refractivity contribution in [2.75, 3.05) is 19.0 Å². The summed E-state index contributed by atoms with van der Waals surface area (Å²) in [5, 5.41) is 16.0. The molecule has 0 N–H and O–H groups in total. The molecule has 0 bridgehead atoms. The monoisotopic (exact) mass is 428 g/mol. The number of carbonyl (C=O) groups is 1. The van der Waals surface area contributed by atoms with Crippen molar-refractivity contribution in [1.29, 1.82) is 0 Å². The first-order valence-corrected chi connectivity index (χ1v) is 9.58. The van der Waals surface area contributed by atoms with Crippen molar-refractivity contribution < 1.29 is 14.1 Å². The molecule has 1 aliphatic heterocycles. The Bertz CT molecular complexity index is 1040. The Morgan fingerprint density at radius 3 is 2.59 bits per heavy atom. The van der Waals surface area contributed by atoms with E-state index in [0.717, 1.165) is 28.0 Å². The van der Waals surface area contributed by atoms with E-state index in [1.54, 1.807) is 18.4 Å². The van der Waals surface area contributed by atoms with E-state index in [9.17, 15) is 14.9 Å². The Kier molecular flexibility index (Phi) is 6.25. The molecular weight excluding hydrogens is 412 g/mol. The van der Waals surface area contributed by atoms with Crippen LogP contribution in [-0.4, -0.2) is 40.5 Å². The molecule has 2 heterocycles. The number of furan rings is 1. The highest BCUT2D eigenvalue weighted by Crippen LogP contribution is 2.31. The van der Waals surface area contributed by atoms with Crippen LogP contribution >= 0.6 is 24.0 Å². The molecule has 0 aliphatic carbocycles. The molecule has 0 unspecified atom stereocenters. The number of rotatable bonds is 6. The number of carbonyl (C=O) groups excluding carboxylic acids is 1. The lowest BCUT2D eigenvalue weighted by atomic mass is 10.2. The number of hydrazone groups is 1. The number of anilines is 1. The second kappa shape index (κ2) is 8.84. The zero-order valence-electron chi connectivity index (χ0n) is 15.5. The maximum Gasteiger partial charge on any atom is 0.433 e. The number of benzene rings is 1. The summed E-state index contributed by atoms with van der Waals surface area (Å²) < 4.78 is 5.34. The molecule has 148 valence electrons. The fraction of sp³-hybridized carbons (Fsp3) is 0.105. The second-order valence-electron chi connectivity index (χ2n) is 6.04. The first-order chi connectivity index (χ1) is 13.8. The van der Waals surface area contributed by atoms with E-state index < -0.39 is 4.92 Å². The molecule has 10 heteroatoms. The van der Waals surface area contributed by atoms with Crippen LogP contribution in [0.4, 0.5) is 11.6 Å². The first kappa shape index (κ1) is 20.5. The summed E-state index contributed by atoms with van der Waals surface area (Å²) in [7, 11) is 3.91. The maximum absolute atomic E-state index is 12.5. The first-order valence-electron chi connectivity index (χ1n) is 8.35. The highest BCUT2D eigenvalue weighted by molar-refractivity contribution is 8.26. The molecule has 0 spiro atoms. The van der Waals surface area contributed by atoms with Gasteiger partial charge in [0.25, 0.3) is 5.91 Å². The van der Waals surface area contributed by atoms with Crippen LogP contribution in [-0.2, 0) is 4.79 Å². The van der Waals surface area contributed by atoms with Gasteiger partial charge in [-0.2, -0.15) is 10.1 Å². The number of amides is 1. The highest BCUT2D eigenvalue weighted by atomic mass is 32.2. The van der Waals surface area contributed by atoms with Gasteiger partial charge < -0.3 is 9.32 Å². The lowest BCUT2D eigenvalue weighted by molar-refractivity contribution is -0.402. The molecule has 1 fully saturated rings. The van der Waals surface area contributed by atoms with Gasteiger partial charge in [-0.05, 0) is 48.1 Å². The standard InChI is InChI=1S/C19H16N4O4S2/c1-21(2)14-8-6-13(7-9-14)12-20-22-18(24)16(29-19(22)28)5-3-4-15-10-11-17(27-15)23(25)26/h3-12H,1-2H3/b4-3+,16-5+,20-12+. The summed E-state index contributed by atoms with van der Waals surface area (Å²) in [4.78, 5) is 24.9. The average Bonchev–Trinajstić information content (AvgIpc) is 3.26. The molecule has 8 nitrogen and oxygen atoms in total. The van der Waals surface area contributed by atoms with E-state index in [2.05, 4.69) is 5.10 Å². The number of nitrogens with zero attached hydrogens (tertiary/aromatic N) is 4. The van der Waals surface area contributed by atoms with Crippen molar-refractivity contribution in [3.8, 4) is 0 Å². The summed E-state index contributed by atoms with van der Waals surface area (Å²) in [6.45, 7) is 0. The predicted molar refractivity (Wildman–Crippen MR) is 118 cm³/mol. The molecule has 29 heavy (non-hydrogen) atoms. The Hall–Kier alpha value is -3.24. The lowest BCUT2D eigenvalue weighted by Gasteiger charge is -2.12. The molecule has 0 saturated carbocycles. The predicted octanol–water partition coefficient (Wildman–Crippen LogP) is 4.05. The van der Waals surface area contributed by atoms with Gasteiger partial charge in [-0.3, -0.25) is 14.9 Å². The second-order valence-corrected chi connectivity index (χ2v) is 7.71. The summed E-state index contributed by atoms with van der Waals surface area (Å²) in [5.41, 5.74) is 1.90. The fourth-order valence-corrected chi connectivity index (χ4v) is 3.44. The molecule has 1 amide bonds. The van der Waals surface area contributed by atoms with Crippen LogP contribution in [0.3, 0.4) is 0 Å². The van der Waals surface area contributed by atoms with Crippen LogP contribution in [0.5, 0.6) is 0 Å². The van der Waals surface area contributed by atoms with Crippen molar-refractivity contribution in [3.05, 3.63) is 74.9 Å². The molecule has 0 atom stereocenters. The van der Waals surface area contributed by atoms with E-state index in [-0.39, 0.29) is 11.8 Å². The molecule has 3 rings (SSSR count). The molecule has 1 aromatic heterocycles. The normalized spacial score (nSPS) is 15.9. The Labute approximate surface area is 176 Å². The number of thioether (sulfide) groups is 1. The van der Waals surface area contributed by atoms with E-state index in [1.807, 2.05) is 43.3 Å². The topological polar surface area (TPSA) is 92.2 Å². The van der Waals surface area contributed by atoms with Crippen LogP contribution in [0.25, 0.3) is 6.08 Å². The van der Waals surface area contributed by atoms with Crippen molar-refractivity contribution in [2.45, 2.75) is 0 Å². The zero-order chi connectivity index (χ0) is 21.0. The molecule has 1 aromatic carbocycles. The summed E-state index contributed by atoms with van der Waals surface area (Å²) >= 11 is 6.36. The number of hydrogen-bond acceptors (Lipinski definition) is 8. The summed E-state index contributed by atoms with van der Waals surface area (Å²) in [5.74, 6) is -0.372. The quantitative estimate of drug-likeness (QED) is 0.225. The molecular formula is C19H16N4O4S2. The van der Waals surface area contributed by atoms with Crippen molar-refractivity contribution in [3.63, 3.8) is 0 Å². The Balaban J connectivity index is 1.67. The average molecular weight is 428 g/mol. The van der Waals surface area contributed by atoms with Crippen LogP contribution < -0.4 is 4.90 Å². The molecule has 1 saturated heterocycles. The van der Waals surface area contributed by atoms with Crippen LogP contribution in [0.1, 0.15) is 11.3 Å². The van der Waals surface area contributed by atoms with Gasteiger partial charge in [-0.15, -0.1) is 0 Å². The zero-order valence-corrected chi connectivity index (χ0v) is 17.1. The van der Waals surface area contributed by atoms with E-state index in [0.29, 0.717) is 15.0 Å². The van der Waals surface area contributed by atoms with Gasteiger partial charge >= 0.3 is 5.88 Å². The van der Waals surface area contributed by atoms with Gasteiger partial charge in [0.15, 0.2) is 4.32 Å². The van der Waals surface area contributed by atoms with E-state index in [1.165, 1.54) is 18.2 Å². The summed E-state index contributed by atoms with van der Waals surface area (Å²) in [6.07, 6.45) is 6.23. The maximum atomic E-state index is 12.5. The molecule has 2 aromatic rings. The largest absolute Gasteiger partial charge is 0.433 e. The van der Waals surface area contributed by atoms with Gasteiger partial charge in [-0.1, -0.05) is 30.0 Å². The minimum Gasteiger partial charge on any atom is -0.401 e. The van der Waals surface area contributed by atoms with Crippen LogP contribution in [0.15, 0.2) is 63.0 Å². The third-order valence-electron chi connectivity index (χ3n) is 3.81. The molecule has 0 radical (unpaired) electrons. The van der Waals surface area contributed by atoms with Gasteiger partial charge in [-0.25, -0.2) is 0 Å². The molecule has 1 aliphatic rings. The van der Waals surface area contributed by atoms with Crippen molar-refractivity contribution in [1.82, 2.24) is 5.01 Å². The summed E-state index contributed by atoms with van der Waals surface area (Å²) in [6, 6.07) is 10.4. The third kappa shape index (κ3) is 4.98. The van der Waals surface area contributed by atoms with Gasteiger partial charge in [0.2, 0.25) is 0 Å². The van der Waals surface area contributed by atoms with Crippen LogP contribution in [0, 0.1) is 10.1 Å².